The molecule has 30 heavy (non-hydrogen) atoms. The summed E-state index contributed by atoms with van der Waals surface area (Å²) in [6.07, 6.45) is 0.819. The fraction of sp³-hybridized carbons (Fsp3) is 0.368. The lowest BCUT2D eigenvalue weighted by atomic mass is 10.1. The van der Waals surface area contributed by atoms with Crippen molar-refractivity contribution in [2.75, 3.05) is 13.2 Å². The zero-order valence-electron chi connectivity index (χ0n) is 16.1. The van der Waals surface area contributed by atoms with Gasteiger partial charge in [-0.25, -0.2) is 0 Å². The molecule has 0 bridgehead atoms. The van der Waals surface area contributed by atoms with E-state index in [-0.39, 0.29) is 28.5 Å². The summed E-state index contributed by atoms with van der Waals surface area (Å²) in [4.78, 5) is 40.1. The van der Waals surface area contributed by atoms with Crippen molar-refractivity contribution >= 4 is 11.8 Å². The van der Waals surface area contributed by atoms with Crippen LogP contribution in [0, 0.1) is 0 Å². The molecule has 3 heterocycles. The number of nitrogens with one attached hydrogen (secondary N) is 2. The number of carbonyl (C=O) groups is 2. The van der Waals surface area contributed by atoms with Crippen LogP contribution < -0.4 is 21.1 Å². The van der Waals surface area contributed by atoms with Crippen molar-refractivity contribution in [1.29, 1.82) is 0 Å². The van der Waals surface area contributed by atoms with Gasteiger partial charge >= 0.3 is 12.3 Å². The molecule has 3 rings (SSSR count). The highest BCUT2D eigenvalue weighted by Gasteiger charge is 2.21. The summed E-state index contributed by atoms with van der Waals surface area (Å²) in [7, 11) is 1.57. The Balaban J connectivity index is 1.88. The monoisotopic (exact) mass is 422 g/mol. The van der Waals surface area contributed by atoms with Crippen LogP contribution in [0.4, 0.5) is 8.78 Å². The van der Waals surface area contributed by atoms with Crippen molar-refractivity contribution in [2.24, 2.45) is 7.05 Å². The number of nitrogens with zero attached hydrogens (tertiary/aromatic N) is 2. The molecule has 0 atom stereocenters. The second kappa shape index (κ2) is 9.44. The summed E-state index contributed by atoms with van der Waals surface area (Å²) in [6.45, 7) is 1.12. The number of aromatic nitrogens is 2. The minimum atomic E-state index is -3.27. The Hall–Kier alpha value is -3.34. The lowest BCUT2D eigenvalue weighted by Gasteiger charge is -2.24. The Morgan fingerprint density at radius 2 is 2.00 bits per heavy atom. The molecule has 0 aliphatic carbocycles. The summed E-state index contributed by atoms with van der Waals surface area (Å²) in [5.74, 6) is -2.16. The first-order chi connectivity index (χ1) is 14.4. The SMILES string of the molecule is Cn1ccc(OC2CCOCC2)c(-c2cc(C(=O)NNC(=O)C(F)F)ccn2)c1=O. The maximum Gasteiger partial charge on any atom is 0.317 e. The van der Waals surface area contributed by atoms with Gasteiger partial charge in [0.2, 0.25) is 0 Å². The van der Waals surface area contributed by atoms with Gasteiger partial charge in [0.1, 0.15) is 17.4 Å². The molecule has 1 aliphatic rings. The minimum absolute atomic E-state index is 0.0116. The molecule has 2 amide bonds. The third-order valence-electron chi connectivity index (χ3n) is 4.47. The summed E-state index contributed by atoms with van der Waals surface area (Å²) in [5.41, 5.74) is 3.47. The number of ether oxygens (including phenoxy) is 2. The van der Waals surface area contributed by atoms with Crippen LogP contribution in [0.2, 0.25) is 0 Å². The van der Waals surface area contributed by atoms with Gasteiger partial charge in [0.15, 0.2) is 0 Å². The van der Waals surface area contributed by atoms with Gasteiger partial charge < -0.3 is 14.0 Å². The van der Waals surface area contributed by atoms with Gasteiger partial charge in [0.25, 0.3) is 11.5 Å². The third kappa shape index (κ3) is 4.98. The van der Waals surface area contributed by atoms with Crippen molar-refractivity contribution in [3.63, 3.8) is 0 Å². The van der Waals surface area contributed by atoms with Gasteiger partial charge in [-0.3, -0.25) is 30.2 Å². The van der Waals surface area contributed by atoms with E-state index in [0.29, 0.717) is 31.8 Å². The largest absolute Gasteiger partial charge is 0.489 e. The molecule has 11 heteroatoms. The first-order valence-corrected chi connectivity index (χ1v) is 9.15. The molecular formula is C19H20F2N4O5. The van der Waals surface area contributed by atoms with E-state index in [1.807, 2.05) is 5.43 Å². The van der Waals surface area contributed by atoms with Crippen LogP contribution in [0.1, 0.15) is 23.2 Å². The van der Waals surface area contributed by atoms with Crippen LogP contribution in [0.25, 0.3) is 11.3 Å². The topological polar surface area (TPSA) is 112 Å². The van der Waals surface area contributed by atoms with Crippen LogP contribution in [-0.4, -0.2) is 47.1 Å². The van der Waals surface area contributed by atoms with E-state index in [2.05, 4.69) is 4.98 Å². The first kappa shape index (κ1) is 21.4. The number of halogens is 2. The predicted octanol–water partition coefficient (Wildman–Crippen LogP) is 1.03. The average molecular weight is 422 g/mol. The van der Waals surface area contributed by atoms with Crippen molar-refractivity contribution in [2.45, 2.75) is 25.4 Å². The molecule has 0 aromatic carbocycles. The third-order valence-corrected chi connectivity index (χ3v) is 4.47. The molecule has 1 aliphatic heterocycles. The molecule has 9 nitrogen and oxygen atoms in total. The number of rotatable bonds is 5. The summed E-state index contributed by atoms with van der Waals surface area (Å²) in [5, 5.41) is 0. The van der Waals surface area contributed by atoms with E-state index in [1.54, 1.807) is 24.7 Å². The van der Waals surface area contributed by atoms with Gasteiger partial charge in [-0.15, -0.1) is 0 Å². The van der Waals surface area contributed by atoms with E-state index < -0.39 is 18.2 Å². The number of pyridine rings is 2. The Kier molecular flexibility index (Phi) is 6.72. The van der Waals surface area contributed by atoms with Gasteiger partial charge in [-0.2, -0.15) is 8.78 Å². The lowest BCUT2D eigenvalue weighted by Crippen LogP contribution is -2.44. The van der Waals surface area contributed by atoms with Gasteiger partial charge in [-0.05, 0) is 18.2 Å². The second-order valence-electron chi connectivity index (χ2n) is 6.57. The fourth-order valence-electron chi connectivity index (χ4n) is 2.87. The van der Waals surface area contributed by atoms with E-state index >= 15 is 0 Å². The second-order valence-corrected chi connectivity index (χ2v) is 6.57. The smallest absolute Gasteiger partial charge is 0.317 e. The van der Waals surface area contributed by atoms with E-state index in [9.17, 15) is 23.2 Å². The number of hydrogen-bond donors (Lipinski definition) is 2. The molecule has 2 N–H and O–H groups in total. The minimum Gasteiger partial charge on any atom is -0.489 e. The van der Waals surface area contributed by atoms with Crippen LogP contribution in [0.3, 0.4) is 0 Å². The highest BCUT2D eigenvalue weighted by Crippen LogP contribution is 2.28. The zero-order valence-corrected chi connectivity index (χ0v) is 16.1. The Bertz CT molecular complexity index is 989. The average Bonchev–Trinajstić information content (AvgIpc) is 2.75. The quantitative estimate of drug-likeness (QED) is 0.697. The van der Waals surface area contributed by atoms with Crippen LogP contribution in [-0.2, 0) is 16.6 Å². The van der Waals surface area contributed by atoms with E-state index in [1.165, 1.54) is 22.9 Å². The Labute approximate surface area is 170 Å². The maximum atomic E-state index is 12.8. The normalized spacial score (nSPS) is 14.4. The molecule has 160 valence electrons. The molecular weight excluding hydrogens is 402 g/mol. The predicted molar refractivity (Wildman–Crippen MR) is 101 cm³/mol. The zero-order chi connectivity index (χ0) is 21.7. The van der Waals surface area contributed by atoms with Crippen LogP contribution >= 0.6 is 0 Å². The van der Waals surface area contributed by atoms with E-state index in [0.717, 1.165) is 0 Å². The van der Waals surface area contributed by atoms with Crippen molar-refractivity contribution in [1.82, 2.24) is 20.4 Å². The number of carbonyl (C=O) groups excluding carboxylic acids is 2. The molecule has 0 radical (unpaired) electrons. The first-order valence-electron chi connectivity index (χ1n) is 9.15. The number of alkyl halides is 2. The van der Waals surface area contributed by atoms with Crippen molar-refractivity contribution in [3.05, 3.63) is 46.5 Å². The number of hydrogen-bond acceptors (Lipinski definition) is 6. The number of amides is 2. The molecule has 2 aromatic heterocycles. The molecule has 1 saturated heterocycles. The lowest BCUT2D eigenvalue weighted by molar-refractivity contribution is -0.132. The number of aryl methyl sites for hydroxylation is 1. The summed E-state index contributed by atoms with van der Waals surface area (Å²) in [6, 6.07) is 4.28. The maximum absolute atomic E-state index is 12.8. The van der Waals surface area contributed by atoms with Crippen LogP contribution in [0.15, 0.2) is 35.4 Å². The van der Waals surface area contributed by atoms with Crippen LogP contribution in [0.5, 0.6) is 5.75 Å². The van der Waals surface area contributed by atoms with Gasteiger partial charge in [-0.1, -0.05) is 0 Å². The number of hydrazine groups is 1. The summed E-state index contributed by atoms with van der Waals surface area (Å²) >= 11 is 0. The standard InChI is InChI=1S/C19H20F2N4O5/c1-25-7-3-14(30-12-4-8-29-9-5-12)15(19(25)28)13-10-11(2-6-22-13)17(26)23-24-18(27)16(20)21/h2-3,6-7,10,12,16H,4-5,8-9H2,1H3,(H,23,26)(H,24,27). The Morgan fingerprint density at radius 1 is 1.27 bits per heavy atom. The summed E-state index contributed by atoms with van der Waals surface area (Å²) < 4.78 is 37.2. The highest BCUT2D eigenvalue weighted by molar-refractivity contribution is 5.96. The molecule has 0 spiro atoms. The molecule has 0 saturated carbocycles. The highest BCUT2D eigenvalue weighted by atomic mass is 19.3. The van der Waals surface area contributed by atoms with Gasteiger partial charge in [0.05, 0.1) is 18.9 Å². The fourth-order valence-corrected chi connectivity index (χ4v) is 2.87. The Morgan fingerprint density at radius 3 is 2.70 bits per heavy atom. The molecule has 0 unspecified atom stereocenters. The molecule has 2 aromatic rings. The van der Waals surface area contributed by atoms with Gasteiger partial charge in [0, 0.05) is 37.8 Å². The van der Waals surface area contributed by atoms with Crippen molar-refractivity contribution in [3.8, 4) is 17.0 Å². The van der Waals surface area contributed by atoms with E-state index in [4.69, 9.17) is 9.47 Å². The van der Waals surface area contributed by atoms with Crippen molar-refractivity contribution < 1.29 is 27.8 Å². The molecule has 1 fully saturated rings.